The van der Waals surface area contributed by atoms with E-state index in [1.54, 1.807) is 0 Å². The van der Waals surface area contributed by atoms with Gasteiger partial charge in [0, 0.05) is 13.1 Å². The van der Waals surface area contributed by atoms with Gasteiger partial charge in [-0.3, -0.25) is 4.57 Å². The monoisotopic (exact) mass is 224 g/mol. The second-order valence-corrected chi connectivity index (χ2v) is 7.08. The van der Waals surface area contributed by atoms with E-state index < -0.39 is 7.44 Å². The molecule has 1 aliphatic heterocycles. The molecule has 3 nitrogen and oxygen atoms in total. The van der Waals surface area contributed by atoms with Crippen molar-refractivity contribution in [1.82, 2.24) is 9.34 Å². The lowest BCUT2D eigenvalue weighted by molar-refractivity contribution is 0.488. The zero-order chi connectivity index (χ0) is 10.9. The lowest BCUT2D eigenvalue weighted by Crippen LogP contribution is -2.14. The van der Waals surface area contributed by atoms with Crippen LogP contribution in [0.1, 0.15) is 5.56 Å². The molecule has 0 spiro atoms. The van der Waals surface area contributed by atoms with Gasteiger partial charge in [0.1, 0.15) is 0 Å². The zero-order valence-corrected chi connectivity index (χ0v) is 10.2. The Kier molecular flexibility index (Phi) is 2.96. The molecule has 1 saturated heterocycles. The van der Waals surface area contributed by atoms with Crippen molar-refractivity contribution < 1.29 is 4.57 Å². The van der Waals surface area contributed by atoms with Crippen LogP contribution in [-0.2, 0) is 10.7 Å². The summed E-state index contributed by atoms with van der Waals surface area (Å²) in [7, 11) is 1.60. The Balaban J connectivity index is 2.21. The van der Waals surface area contributed by atoms with Gasteiger partial charge in [-0.15, -0.1) is 0 Å². The van der Waals surface area contributed by atoms with Gasteiger partial charge in [0.05, 0.1) is 6.16 Å². The fourth-order valence-corrected chi connectivity index (χ4v) is 4.42. The molecule has 0 bridgehead atoms. The Morgan fingerprint density at radius 1 is 1.13 bits per heavy atom. The fourth-order valence-electron chi connectivity index (χ4n) is 1.93. The molecule has 4 heteroatoms. The lowest BCUT2D eigenvalue weighted by atomic mass is 10.2. The molecule has 2 rings (SSSR count). The number of rotatable bonds is 2. The van der Waals surface area contributed by atoms with Crippen molar-refractivity contribution in [3.05, 3.63) is 35.9 Å². The highest BCUT2D eigenvalue weighted by molar-refractivity contribution is 7.58. The minimum atomic E-state index is -2.31. The van der Waals surface area contributed by atoms with E-state index in [1.807, 2.05) is 53.8 Å². The van der Waals surface area contributed by atoms with Crippen LogP contribution in [0.4, 0.5) is 0 Å². The molecule has 0 amide bonds. The Labute approximate surface area is 91.2 Å². The smallest absolute Gasteiger partial charge is 0.220 e. The predicted molar refractivity (Wildman–Crippen MR) is 63.0 cm³/mol. The van der Waals surface area contributed by atoms with Gasteiger partial charge >= 0.3 is 0 Å². The van der Waals surface area contributed by atoms with Crippen molar-refractivity contribution in [3.63, 3.8) is 0 Å². The van der Waals surface area contributed by atoms with E-state index in [9.17, 15) is 4.57 Å². The van der Waals surface area contributed by atoms with Gasteiger partial charge in [-0.25, -0.2) is 9.34 Å². The van der Waals surface area contributed by atoms with Crippen molar-refractivity contribution in [1.29, 1.82) is 0 Å². The molecule has 1 aromatic rings. The predicted octanol–water partition coefficient (Wildman–Crippen LogP) is 2.26. The number of benzene rings is 1. The molecule has 0 aliphatic carbocycles. The molecule has 1 fully saturated rings. The Morgan fingerprint density at radius 2 is 1.67 bits per heavy atom. The van der Waals surface area contributed by atoms with Crippen LogP contribution in [0.5, 0.6) is 0 Å². The highest BCUT2D eigenvalue weighted by Gasteiger charge is 2.37. The fraction of sp³-hybridized carbons (Fsp3) is 0.455. The molecule has 0 radical (unpaired) electrons. The van der Waals surface area contributed by atoms with Crippen LogP contribution < -0.4 is 0 Å². The highest BCUT2D eigenvalue weighted by atomic mass is 31.2. The van der Waals surface area contributed by atoms with Crippen LogP contribution in [0.3, 0.4) is 0 Å². The molecule has 0 unspecified atom stereocenters. The molecule has 0 aromatic heterocycles. The number of hydrogen-bond donors (Lipinski definition) is 0. The Morgan fingerprint density at radius 3 is 2.20 bits per heavy atom. The standard InChI is InChI=1S/C11H17N2OP/c1-12-8-9-13(2)15(12,14)10-11-6-4-3-5-7-11/h3-7H,8-10H2,1-2H3. The van der Waals surface area contributed by atoms with E-state index in [1.165, 1.54) is 0 Å². The highest BCUT2D eigenvalue weighted by Crippen LogP contribution is 2.57. The second kappa shape index (κ2) is 4.09. The third kappa shape index (κ3) is 2.00. The van der Waals surface area contributed by atoms with Crippen LogP contribution in [0, 0.1) is 0 Å². The normalized spacial score (nSPS) is 22.0. The summed E-state index contributed by atoms with van der Waals surface area (Å²) < 4.78 is 16.7. The van der Waals surface area contributed by atoms with Crippen molar-refractivity contribution in [3.8, 4) is 0 Å². The number of hydrogen-bond acceptors (Lipinski definition) is 1. The quantitative estimate of drug-likeness (QED) is 0.720. The van der Waals surface area contributed by atoms with E-state index in [4.69, 9.17) is 0 Å². The van der Waals surface area contributed by atoms with Gasteiger partial charge < -0.3 is 0 Å². The van der Waals surface area contributed by atoms with E-state index in [0.29, 0.717) is 6.16 Å². The Bertz CT molecular complexity index is 365. The maximum atomic E-state index is 12.7. The van der Waals surface area contributed by atoms with E-state index >= 15 is 0 Å². The van der Waals surface area contributed by atoms with Gasteiger partial charge in [-0.2, -0.15) is 0 Å². The van der Waals surface area contributed by atoms with Gasteiger partial charge in [0.25, 0.3) is 0 Å². The summed E-state index contributed by atoms with van der Waals surface area (Å²) in [5, 5.41) is 0. The maximum absolute atomic E-state index is 12.7. The topological polar surface area (TPSA) is 23.6 Å². The molecule has 0 saturated carbocycles. The van der Waals surface area contributed by atoms with Crippen molar-refractivity contribution in [2.24, 2.45) is 0 Å². The van der Waals surface area contributed by atoms with Gasteiger partial charge in [-0.1, -0.05) is 30.3 Å². The van der Waals surface area contributed by atoms with E-state index in [0.717, 1.165) is 18.7 Å². The van der Waals surface area contributed by atoms with Crippen molar-refractivity contribution in [2.45, 2.75) is 6.16 Å². The molecule has 1 aromatic carbocycles. The minimum Gasteiger partial charge on any atom is -0.288 e. The summed E-state index contributed by atoms with van der Waals surface area (Å²) in [5.74, 6) is 0. The van der Waals surface area contributed by atoms with E-state index in [2.05, 4.69) is 0 Å². The van der Waals surface area contributed by atoms with Crippen LogP contribution in [0.15, 0.2) is 30.3 Å². The summed E-state index contributed by atoms with van der Waals surface area (Å²) in [6.45, 7) is 1.81. The van der Waals surface area contributed by atoms with Gasteiger partial charge in [0.15, 0.2) is 0 Å². The van der Waals surface area contributed by atoms with Gasteiger partial charge in [0.2, 0.25) is 7.44 Å². The zero-order valence-electron chi connectivity index (χ0n) is 9.26. The molecular formula is C11H17N2OP. The average molecular weight is 224 g/mol. The average Bonchev–Trinajstić information content (AvgIpc) is 2.48. The lowest BCUT2D eigenvalue weighted by Gasteiger charge is -2.25. The second-order valence-electron chi connectivity index (χ2n) is 4.07. The first-order chi connectivity index (χ1) is 7.13. The summed E-state index contributed by atoms with van der Waals surface area (Å²) in [4.78, 5) is 0. The summed E-state index contributed by atoms with van der Waals surface area (Å²) >= 11 is 0. The molecule has 1 heterocycles. The molecule has 15 heavy (non-hydrogen) atoms. The van der Waals surface area contributed by atoms with Crippen LogP contribution >= 0.6 is 7.44 Å². The van der Waals surface area contributed by atoms with Crippen LogP contribution in [0.25, 0.3) is 0 Å². The van der Waals surface area contributed by atoms with E-state index in [-0.39, 0.29) is 0 Å². The van der Waals surface area contributed by atoms with Crippen molar-refractivity contribution >= 4 is 7.44 Å². The molecule has 0 atom stereocenters. The minimum absolute atomic E-state index is 0.654. The van der Waals surface area contributed by atoms with Crippen LogP contribution in [0.2, 0.25) is 0 Å². The first kappa shape index (κ1) is 10.9. The third-order valence-electron chi connectivity index (χ3n) is 3.05. The largest absolute Gasteiger partial charge is 0.288 e. The molecular weight excluding hydrogens is 207 g/mol. The van der Waals surface area contributed by atoms with Crippen LogP contribution in [-0.4, -0.2) is 36.5 Å². The van der Waals surface area contributed by atoms with Gasteiger partial charge in [-0.05, 0) is 19.7 Å². The third-order valence-corrected chi connectivity index (χ3v) is 6.36. The number of nitrogens with zero attached hydrogens (tertiary/aromatic N) is 2. The van der Waals surface area contributed by atoms with Crippen molar-refractivity contribution in [2.75, 3.05) is 27.2 Å². The molecule has 82 valence electrons. The Hall–Kier alpha value is -0.630. The maximum Gasteiger partial charge on any atom is 0.220 e. The summed E-state index contributed by atoms with van der Waals surface area (Å²) in [6, 6.07) is 10.1. The first-order valence-electron chi connectivity index (χ1n) is 5.19. The SMILES string of the molecule is CN1CCN(C)P1(=O)Cc1ccccc1. The number of likely N-dealkylation sites (N-methyl/N-ethyl adjacent to an activating group) is 2. The summed E-state index contributed by atoms with van der Waals surface area (Å²) in [6.07, 6.45) is 0.654. The molecule has 1 aliphatic rings. The molecule has 0 N–H and O–H groups in total. The summed E-state index contributed by atoms with van der Waals surface area (Å²) in [5.41, 5.74) is 1.15. The first-order valence-corrected chi connectivity index (χ1v) is 6.99.